The molecule has 5 heteroatoms. The number of benzene rings is 1. The molecule has 1 aromatic heterocycles. The maximum Gasteiger partial charge on any atom is 0.276 e. The number of aryl methyl sites for hydroxylation is 1. The van der Waals surface area contributed by atoms with Crippen LogP contribution >= 0.6 is 0 Å². The fourth-order valence-electron chi connectivity index (χ4n) is 1.60. The van der Waals surface area contributed by atoms with Crippen LogP contribution in [0.2, 0.25) is 0 Å². The molecular weight excluding hydrogens is 230 g/mol. The van der Waals surface area contributed by atoms with Crippen molar-refractivity contribution >= 4 is 11.6 Å². The SMILES string of the molecule is CCc1cc(C(=O)Nc2cccc(CO)c2)n[nH]1. The molecule has 18 heavy (non-hydrogen) atoms. The van der Waals surface area contributed by atoms with Crippen molar-refractivity contribution < 1.29 is 9.90 Å². The first-order valence-electron chi connectivity index (χ1n) is 5.78. The third-order valence-electron chi connectivity index (χ3n) is 2.61. The first-order valence-corrected chi connectivity index (χ1v) is 5.78. The Bertz CT molecular complexity index is 549. The Balaban J connectivity index is 2.10. The molecule has 5 nitrogen and oxygen atoms in total. The fourth-order valence-corrected chi connectivity index (χ4v) is 1.60. The van der Waals surface area contributed by atoms with Crippen LogP contribution in [0, 0.1) is 0 Å². The number of aliphatic hydroxyl groups excluding tert-OH is 1. The number of hydrogen-bond acceptors (Lipinski definition) is 3. The molecule has 0 atom stereocenters. The minimum absolute atomic E-state index is 0.0495. The lowest BCUT2D eigenvalue weighted by molar-refractivity contribution is 0.102. The van der Waals surface area contributed by atoms with Crippen molar-refractivity contribution in [1.82, 2.24) is 10.2 Å². The molecule has 0 radical (unpaired) electrons. The second kappa shape index (κ2) is 5.46. The molecule has 1 aromatic carbocycles. The summed E-state index contributed by atoms with van der Waals surface area (Å²) in [7, 11) is 0. The van der Waals surface area contributed by atoms with E-state index < -0.39 is 0 Å². The molecule has 0 bridgehead atoms. The van der Waals surface area contributed by atoms with E-state index in [2.05, 4.69) is 15.5 Å². The Labute approximate surface area is 105 Å². The summed E-state index contributed by atoms with van der Waals surface area (Å²) in [6, 6.07) is 8.80. The minimum Gasteiger partial charge on any atom is -0.392 e. The molecule has 0 spiro atoms. The molecule has 0 aliphatic heterocycles. The first-order chi connectivity index (χ1) is 8.72. The van der Waals surface area contributed by atoms with Crippen molar-refractivity contribution in [1.29, 1.82) is 0 Å². The van der Waals surface area contributed by atoms with Crippen LogP contribution in [-0.4, -0.2) is 21.2 Å². The second-order valence-electron chi connectivity index (χ2n) is 3.94. The molecule has 2 rings (SSSR count). The van der Waals surface area contributed by atoms with Gasteiger partial charge in [-0.2, -0.15) is 5.10 Å². The smallest absolute Gasteiger partial charge is 0.276 e. The maximum atomic E-state index is 11.9. The number of nitrogens with one attached hydrogen (secondary N) is 2. The van der Waals surface area contributed by atoms with Gasteiger partial charge in [0.2, 0.25) is 0 Å². The lowest BCUT2D eigenvalue weighted by Crippen LogP contribution is -2.12. The van der Waals surface area contributed by atoms with Gasteiger partial charge in [-0.15, -0.1) is 0 Å². The van der Waals surface area contributed by atoms with Crippen LogP contribution in [0.1, 0.15) is 28.7 Å². The molecule has 0 saturated carbocycles. The lowest BCUT2D eigenvalue weighted by atomic mass is 10.2. The summed E-state index contributed by atoms with van der Waals surface area (Å²) < 4.78 is 0. The molecule has 2 aromatic rings. The molecule has 1 amide bonds. The van der Waals surface area contributed by atoms with Crippen LogP contribution in [0.3, 0.4) is 0 Å². The fraction of sp³-hybridized carbons (Fsp3) is 0.231. The number of rotatable bonds is 4. The molecule has 0 aliphatic carbocycles. The van der Waals surface area contributed by atoms with E-state index in [-0.39, 0.29) is 12.5 Å². The van der Waals surface area contributed by atoms with Gasteiger partial charge in [-0.25, -0.2) is 0 Å². The molecular formula is C13H15N3O2. The van der Waals surface area contributed by atoms with Crippen LogP contribution in [0.25, 0.3) is 0 Å². The summed E-state index contributed by atoms with van der Waals surface area (Å²) in [5.41, 5.74) is 2.68. The Kier molecular flexibility index (Phi) is 3.74. The van der Waals surface area contributed by atoms with E-state index in [1.807, 2.05) is 6.92 Å². The molecule has 0 unspecified atom stereocenters. The van der Waals surface area contributed by atoms with Crippen LogP contribution in [0.4, 0.5) is 5.69 Å². The van der Waals surface area contributed by atoms with Gasteiger partial charge in [-0.1, -0.05) is 19.1 Å². The summed E-state index contributed by atoms with van der Waals surface area (Å²) >= 11 is 0. The molecule has 94 valence electrons. The average molecular weight is 245 g/mol. The van der Waals surface area contributed by atoms with Crippen LogP contribution in [-0.2, 0) is 13.0 Å². The predicted octanol–water partition coefficient (Wildman–Crippen LogP) is 1.72. The van der Waals surface area contributed by atoms with E-state index in [0.29, 0.717) is 11.4 Å². The number of anilines is 1. The number of aromatic nitrogens is 2. The van der Waals surface area contributed by atoms with E-state index in [1.54, 1.807) is 30.3 Å². The van der Waals surface area contributed by atoms with Crippen molar-refractivity contribution in [3.05, 3.63) is 47.3 Å². The zero-order valence-electron chi connectivity index (χ0n) is 10.1. The van der Waals surface area contributed by atoms with Crippen LogP contribution in [0.5, 0.6) is 0 Å². The molecule has 0 saturated heterocycles. The van der Waals surface area contributed by atoms with Gasteiger partial charge in [0, 0.05) is 11.4 Å². The van der Waals surface area contributed by atoms with Gasteiger partial charge in [0.25, 0.3) is 5.91 Å². The number of H-pyrrole nitrogens is 1. The highest BCUT2D eigenvalue weighted by molar-refractivity contribution is 6.02. The van der Waals surface area contributed by atoms with Gasteiger partial charge in [0.15, 0.2) is 5.69 Å². The van der Waals surface area contributed by atoms with Crippen LogP contribution < -0.4 is 5.32 Å². The summed E-state index contributed by atoms with van der Waals surface area (Å²) in [5.74, 6) is -0.263. The highest BCUT2D eigenvalue weighted by Crippen LogP contribution is 2.12. The lowest BCUT2D eigenvalue weighted by Gasteiger charge is -2.04. The standard InChI is InChI=1S/C13H15N3O2/c1-2-10-7-12(16-15-10)13(18)14-11-5-3-4-9(6-11)8-17/h3-7,17H,2,8H2,1H3,(H,14,18)(H,15,16). The average Bonchev–Trinajstić information content (AvgIpc) is 2.88. The second-order valence-corrected chi connectivity index (χ2v) is 3.94. The molecule has 0 aliphatic rings. The Hall–Kier alpha value is -2.14. The number of aromatic amines is 1. The van der Waals surface area contributed by atoms with Crippen molar-refractivity contribution in [2.24, 2.45) is 0 Å². The van der Waals surface area contributed by atoms with Gasteiger partial charge in [-0.3, -0.25) is 9.89 Å². The molecule has 1 heterocycles. The van der Waals surface area contributed by atoms with E-state index in [4.69, 9.17) is 5.11 Å². The van der Waals surface area contributed by atoms with E-state index in [0.717, 1.165) is 17.7 Å². The summed E-state index contributed by atoms with van der Waals surface area (Å²) in [6.07, 6.45) is 0.806. The minimum atomic E-state index is -0.263. The number of nitrogens with zero attached hydrogens (tertiary/aromatic N) is 1. The number of carbonyl (C=O) groups is 1. The number of carbonyl (C=O) groups excluding carboxylic acids is 1. The molecule has 3 N–H and O–H groups in total. The Morgan fingerprint density at radius 2 is 2.28 bits per heavy atom. The summed E-state index contributed by atoms with van der Waals surface area (Å²) in [5, 5.41) is 18.5. The number of amides is 1. The van der Waals surface area contributed by atoms with E-state index in [9.17, 15) is 4.79 Å². The topological polar surface area (TPSA) is 78.0 Å². The van der Waals surface area contributed by atoms with E-state index >= 15 is 0 Å². The van der Waals surface area contributed by atoms with Crippen molar-refractivity contribution in [2.45, 2.75) is 20.0 Å². The largest absolute Gasteiger partial charge is 0.392 e. The third-order valence-corrected chi connectivity index (χ3v) is 2.61. The Morgan fingerprint density at radius 3 is 2.94 bits per heavy atom. The monoisotopic (exact) mass is 245 g/mol. The quantitative estimate of drug-likeness (QED) is 0.767. The van der Waals surface area contributed by atoms with Gasteiger partial charge >= 0.3 is 0 Å². The summed E-state index contributed by atoms with van der Waals surface area (Å²) in [6.45, 7) is 1.94. The zero-order valence-corrected chi connectivity index (χ0v) is 10.1. The predicted molar refractivity (Wildman–Crippen MR) is 68.3 cm³/mol. The van der Waals surface area contributed by atoms with Gasteiger partial charge in [-0.05, 0) is 30.2 Å². The normalized spacial score (nSPS) is 10.3. The van der Waals surface area contributed by atoms with Crippen molar-refractivity contribution in [2.75, 3.05) is 5.32 Å². The van der Waals surface area contributed by atoms with Crippen molar-refractivity contribution in [3.63, 3.8) is 0 Å². The third kappa shape index (κ3) is 2.75. The van der Waals surface area contributed by atoms with Gasteiger partial charge < -0.3 is 10.4 Å². The number of hydrogen-bond donors (Lipinski definition) is 3. The van der Waals surface area contributed by atoms with Gasteiger partial charge in [0.05, 0.1) is 6.61 Å². The van der Waals surface area contributed by atoms with Crippen LogP contribution in [0.15, 0.2) is 30.3 Å². The highest BCUT2D eigenvalue weighted by Gasteiger charge is 2.10. The maximum absolute atomic E-state index is 11.9. The zero-order chi connectivity index (χ0) is 13.0. The van der Waals surface area contributed by atoms with Crippen molar-refractivity contribution in [3.8, 4) is 0 Å². The molecule has 0 fully saturated rings. The summed E-state index contributed by atoms with van der Waals surface area (Å²) in [4.78, 5) is 11.9. The van der Waals surface area contributed by atoms with Gasteiger partial charge in [0.1, 0.15) is 0 Å². The highest BCUT2D eigenvalue weighted by atomic mass is 16.3. The number of aliphatic hydroxyl groups is 1. The van der Waals surface area contributed by atoms with E-state index in [1.165, 1.54) is 0 Å². The first kappa shape index (κ1) is 12.3. The Morgan fingerprint density at radius 1 is 1.44 bits per heavy atom.